The van der Waals surface area contributed by atoms with Crippen LogP contribution in [0, 0.1) is 17.8 Å². The lowest BCUT2D eigenvalue weighted by Gasteiger charge is -2.45. The second kappa shape index (κ2) is 5.60. The van der Waals surface area contributed by atoms with Gasteiger partial charge in [-0.05, 0) is 43.1 Å². The van der Waals surface area contributed by atoms with Crippen LogP contribution >= 0.6 is 11.6 Å². The summed E-state index contributed by atoms with van der Waals surface area (Å²) in [6, 6.07) is 1.92. The Kier molecular flexibility index (Phi) is 4.34. The third-order valence-corrected chi connectivity index (χ3v) is 4.44. The number of pyridine rings is 1. The van der Waals surface area contributed by atoms with Crippen LogP contribution in [0.3, 0.4) is 0 Å². The van der Waals surface area contributed by atoms with Gasteiger partial charge in [-0.1, -0.05) is 39.3 Å². The SMILES string of the molecule is Cc1cc(Cl)c(C(=O)NC2CC(C)(C)CC(C)(C)C2)cn1. The summed E-state index contributed by atoms with van der Waals surface area (Å²) >= 11 is 6.15. The van der Waals surface area contributed by atoms with E-state index in [1.165, 1.54) is 6.42 Å². The predicted molar refractivity (Wildman–Crippen MR) is 86.7 cm³/mol. The molecule has 3 nitrogen and oxygen atoms in total. The van der Waals surface area contributed by atoms with Gasteiger partial charge in [0.1, 0.15) is 0 Å². The van der Waals surface area contributed by atoms with Gasteiger partial charge in [0, 0.05) is 17.9 Å². The molecule has 0 aliphatic heterocycles. The molecule has 1 aliphatic rings. The molecule has 1 aromatic rings. The van der Waals surface area contributed by atoms with Gasteiger partial charge in [0.05, 0.1) is 10.6 Å². The first kappa shape index (κ1) is 16.3. The van der Waals surface area contributed by atoms with Crippen LogP contribution < -0.4 is 5.32 Å². The van der Waals surface area contributed by atoms with Crippen LogP contribution in [-0.4, -0.2) is 16.9 Å². The van der Waals surface area contributed by atoms with E-state index in [2.05, 4.69) is 38.0 Å². The van der Waals surface area contributed by atoms with Crippen LogP contribution in [0.15, 0.2) is 12.3 Å². The second-order valence-corrected chi connectivity index (χ2v) is 8.30. The summed E-state index contributed by atoms with van der Waals surface area (Å²) in [6.07, 6.45) is 4.74. The Hall–Kier alpha value is -1.09. The fourth-order valence-electron chi connectivity index (χ4n) is 3.90. The number of hydrogen-bond acceptors (Lipinski definition) is 2. The summed E-state index contributed by atoms with van der Waals surface area (Å²) in [5.74, 6) is -0.119. The maximum absolute atomic E-state index is 12.4. The average Bonchev–Trinajstić information content (AvgIpc) is 2.23. The normalized spacial score (nSPS) is 21.0. The number of aryl methyl sites for hydroxylation is 1. The lowest BCUT2D eigenvalue weighted by atomic mass is 9.63. The maximum atomic E-state index is 12.4. The summed E-state index contributed by atoms with van der Waals surface area (Å²) in [7, 11) is 0. The zero-order chi connectivity index (χ0) is 15.8. The van der Waals surface area contributed by atoms with Gasteiger partial charge in [-0.25, -0.2) is 0 Å². The van der Waals surface area contributed by atoms with E-state index in [9.17, 15) is 4.79 Å². The molecule has 1 saturated carbocycles. The quantitative estimate of drug-likeness (QED) is 0.881. The smallest absolute Gasteiger partial charge is 0.254 e. The van der Waals surface area contributed by atoms with Crippen molar-refractivity contribution in [3.05, 3.63) is 28.5 Å². The molecule has 0 aromatic carbocycles. The van der Waals surface area contributed by atoms with Crippen molar-refractivity contribution in [2.75, 3.05) is 0 Å². The summed E-state index contributed by atoms with van der Waals surface area (Å²) < 4.78 is 0. The van der Waals surface area contributed by atoms with Gasteiger partial charge in [0.2, 0.25) is 0 Å². The standard InChI is InChI=1S/C17H25ClN2O/c1-11-6-14(18)13(9-19-11)15(21)20-12-7-16(2,3)10-17(4,5)8-12/h6,9,12H,7-8,10H2,1-5H3,(H,20,21). The molecular formula is C17H25ClN2O. The van der Waals surface area contributed by atoms with Gasteiger partial charge in [-0.15, -0.1) is 0 Å². The van der Waals surface area contributed by atoms with E-state index in [0.717, 1.165) is 18.5 Å². The predicted octanol–water partition coefficient (Wildman–Crippen LogP) is 4.38. The molecule has 21 heavy (non-hydrogen) atoms. The highest BCUT2D eigenvalue weighted by Gasteiger charge is 2.39. The minimum atomic E-state index is -0.119. The van der Waals surface area contributed by atoms with E-state index in [4.69, 9.17) is 11.6 Å². The van der Waals surface area contributed by atoms with Crippen LogP contribution in [0.2, 0.25) is 5.02 Å². The molecule has 0 spiro atoms. The Balaban J connectivity index is 2.12. The lowest BCUT2D eigenvalue weighted by Crippen LogP contribution is -2.46. The molecule has 0 atom stereocenters. The third kappa shape index (κ3) is 4.19. The van der Waals surface area contributed by atoms with E-state index in [1.807, 2.05) is 6.92 Å². The first-order valence-corrected chi connectivity index (χ1v) is 7.89. The second-order valence-electron chi connectivity index (χ2n) is 7.89. The number of carbonyl (C=O) groups excluding carboxylic acids is 1. The molecule has 1 amide bonds. The minimum absolute atomic E-state index is 0.119. The number of halogens is 1. The first-order valence-electron chi connectivity index (χ1n) is 7.51. The molecule has 1 N–H and O–H groups in total. The highest BCUT2D eigenvalue weighted by atomic mass is 35.5. The van der Waals surface area contributed by atoms with Gasteiger partial charge >= 0.3 is 0 Å². The number of carbonyl (C=O) groups is 1. The number of nitrogens with zero attached hydrogens (tertiary/aromatic N) is 1. The van der Waals surface area contributed by atoms with Crippen molar-refractivity contribution in [3.63, 3.8) is 0 Å². The average molecular weight is 309 g/mol. The van der Waals surface area contributed by atoms with Crippen LogP contribution in [0.1, 0.15) is 63.0 Å². The van der Waals surface area contributed by atoms with Crippen molar-refractivity contribution in [2.45, 2.75) is 59.9 Å². The Labute approximate surface area is 132 Å². The topological polar surface area (TPSA) is 42.0 Å². The highest BCUT2D eigenvalue weighted by molar-refractivity contribution is 6.33. The van der Waals surface area contributed by atoms with Crippen LogP contribution in [-0.2, 0) is 0 Å². The molecule has 1 aliphatic carbocycles. The molecule has 0 saturated heterocycles. The van der Waals surface area contributed by atoms with Crippen molar-refractivity contribution >= 4 is 17.5 Å². The fourth-order valence-corrected chi connectivity index (χ4v) is 4.20. The molecule has 4 heteroatoms. The van der Waals surface area contributed by atoms with Gasteiger partial charge in [0.25, 0.3) is 5.91 Å². The molecule has 1 fully saturated rings. The van der Waals surface area contributed by atoms with Crippen LogP contribution in [0.5, 0.6) is 0 Å². The van der Waals surface area contributed by atoms with E-state index in [-0.39, 0.29) is 22.8 Å². The highest BCUT2D eigenvalue weighted by Crippen LogP contribution is 2.45. The summed E-state index contributed by atoms with van der Waals surface area (Å²) in [5, 5.41) is 3.61. The Morgan fingerprint density at radius 1 is 1.29 bits per heavy atom. The zero-order valence-electron chi connectivity index (χ0n) is 13.6. The van der Waals surface area contributed by atoms with Crippen LogP contribution in [0.4, 0.5) is 0 Å². The van der Waals surface area contributed by atoms with Gasteiger partial charge < -0.3 is 5.32 Å². The lowest BCUT2D eigenvalue weighted by molar-refractivity contribution is 0.0713. The third-order valence-electron chi connectivity index (χ3n) is 4.13. The number of rotatable bonds is 2. The largest absolute Gasteiger partial charge is 0.349 e. The van der Waals surface area contributed by atoms with Crippen molar-refractivity contribution < 1.29 is 4.79 Å². The summed E-state index contributed by atoms with van der Waals surface area (Å²) in [4.78, 5) is 16.6. The van der Waals surface area contributed by atoms with Crippen molar-refractivity contribution in [1.29, 1.82) is 0 Å². The van der Waals surface area contributed by atoms with E-state index in [0.29, 0.717) is 10.6 Å². The number of nitrogens with one attached hydrogen (secondary N) is 1. The zero-order valence-corrected chi connectivity index (χ0v) is 14.3. The van der Waals surface area contributed by atoms with E-state index < -0.39 is 0 Å². The molecular weight excluding hydrogens is 284 g/mol. The van der Waals surface area contributed by atoms with Gasteiger partial charge in [-0.3, -0.25) is 9.78 Å². The van der Waals surface area contributed by atoms with Crippen molar-refractivity contribution in [2.24, 2.45) is 10.8 Å². The molecule has 0 bridgehead atoms. The van der Waals surface area contributed by atoms with Gasteiger partial charge in [0.15, 0.2) is 0 Å². The fraction of sp³-hybridized carbons (Fsp3) is 0.647. The van der Waals surface area contributed by atoms with Crippen LogP contribution in [0.25, 0.3) is 0 Å². The maximum Gasteiger partial charge on any atom is 0.254 e. The van der Waals surface area contributed by atoms with Crippen molar-refractivity contribution in [3.8, 4) is 0 Å². The Bertz CT molecular complexity index is 536. The van der Waals surface area contributed by atoms with E-state index in [1.54, 1.807) is 12.3 Å². The molecule has 0 unspecified atom stereocenters. The van der Waals surface area contributed by atoms with Crippen molar-refractivity contribution in [1.82, 2.24) is 10.3 Å². The summed E-state index contributed by atoms with van der Waals surface area (Å²) in [6.45, 7) is 10.9. The first-order chi connectivity index (χ1) is 9.58. The van der Waals surface area contributed by atoms with E-state index >= 15 is 0 Å². The Morgan fingerprint density at radius 2 is 1.86 bits per heavy atom. The number of hydrogen-bond donors (Lipinski definition) is 1. The molecule has 2 rings (SSSR count). The molecule has 0 radical (unpaired) electrons. The molecule has 116 valence electrons. The molecule has 1 aromatic heterocycles. The van der Waals surface area contributed by atoms with Gasteiger partial charge in [-0.2, -0.15) is 0 Å². The Morgan fingerprint density at radius 3 is 2.38 bits per heavy atom. The summed E-state index contributed by atoms with van der Waals surface area (Å²) in [5.41, 5.74) is 1.77. The monoisotopic (exact) mass is 308 g/mol. The molecule has 1 heterocycles. The number of aromatic nitrogens is 1. The minimum Gasteiger partial charge on any atom is -0.349 e. The number of amides is 1.